The van der Waals surface area contributed by atoms with Crippen LogP contribution in [0.4, 0.5) is 0 Å². The number of carbonyl (C=O) groups is 1. The largest absolute Gasteiger partial charge is 0.395 e. The number of nitrogens with one attached hydrogen (secondary N) is 2. The third kappa shape index (κ3) is 3.95. The van der Waals surface area contributed by atoms with Crippen LogP contribution in [-0.4, -0.2) is 39.9 Å². The van der Waals surface area contributed by atoms with Gasteiger partial charge in [0.1, 0.15) is 0 Å². The molecule has 0 atom stereocenters. The number of rotatable bonds is 5. The van der Waals surface area contributed by atoms with Gasteiger partial charge in [0, 0.05) is 18.9 Å². The van der Waals surface area contributed by atoms with Gasteiger partial charge in [0.25, 0.3) is 0 Å². The van der Waals surface area contributed by atoms with Crippen LogP contribution in [0, 0.1) is 0 Å². The van der Waals surface area contributed by atoms with E-state index < -0.39 is 0 Å². The second-order valence-electron chi connectivity index (χ2n) is 2.26. The van der Waals surface area contributed by atoms with Crippen molar-refractivity contribution in [3.05, 3.63) is 12.4 Å². The molecule has 0 aliphatic carbocycles. The Morgan fingerprint density at radius 1 is 1.77 bits per heavy atom. The highest BCUT2D eigenvalue weighted by Gasteiger charge is 2.02. The molecular formula is C7H11N3O2S. The van der Waals surface area contributed by atoms with Gasteiger partial charge in [-0.15, -0.1) is 0 Å². The number of aromatic amines is 1. The van der Waals surface area contributed by atoms with Crippen molar-refractivity contribution >= 4 is 17.7 Å². The standard InChI is InChI=1S/C7H11N3O2S/c11-4-3-8-6(12)5-13-7-9-1-2-10-7/h1-2,11H,3-5H2,(H,8,12)(H,9,10). The predicted octanol–water partition coefficient (Wildman–Crippen LogP) is -0.390. The molecule has 1 amide bonds. The van der Waals surface area contributed by atoms with Gasteiger partial charge in [-0.2, -0.15) is 0 Å². The lowest BCUT2D eigenvalue weighted by atomic mass is 10.6. The average Bonchev–Trinajstić information content (AvgIpc) is 2.64. The van der Waals surface area contributed by atoms with Gasteiger partial charge in [-0.1, -0.05) is 11.8 Å². The van der Waals surface area contributed by atoms with E-state index in [4.69, 9.17) is 5.11 Å². The molecule has 0 unspecified atom stereocenters. The van der Waals surface area contributed by atoms with E-state index in [0.29, 0.717) is 12.3 Å². The summed E-state index contributed by atoms with van der Waals surface area (Å²) >= 11 is 1.33. The number of imidazole rings is 1. The van der Waals surface area contributed by atoms with E-state index >= 15 is 0 Å². The molecule has 1 heterocycles. The van der Waals surface area contributed by atoms with E-state index in [-0.39, 0.29) is 12.5 Å². The zero-order valence-corrected chi connectivity index (χ0v) is 7.80. The molecule has 1 aromatic rings. The normalized spacial score (nSPS) is 9.92. The monoisotopic (exact) mass is 201 g/mol. The molecule has 0 aromatic carbocycles. The van der Waals surface area contributed by atoms with Gasteiger partial charge < -0.3 is 15.4 Å². The van der Waals surface area contributed by atoms with E-state index in [1.165, 1.54) is 11.8 Å². The van der Waals surface area contributed by atoms with Gasteiger partial charge in [-0.25, -0.2) is 4.98 Å². The minimum absolute atomic E-state index is 0.0306. The Labute approximate surface area is 79.9 Å². The molecule has 0 aliphatic rings. The van der Waals surface area contributed by atoms with Crippen LogP contribution in [0.25, 0.3) is 0 Å². The van der Waals surface area contributed by atoms with Crippen LogP contribution >= 0.6 is 11.8 Å². The van der Waals surface area contributed by atoms with Crippen molar-refractivity contribution in [2.24, 2.45) is 0 Å². The first-order valence-corrected chi connectivity index (χ1v) is 4.81. The molecule has 0 fully saturated rings. The van der Waals surface area contributed by atoms with Gasteiger partial charge in [0.05, 0.1) is 12.4 Å². The summed E-state index contributed by atoms with van der Waals surface area (Å²) in [7, 11) is 0. The Hall–Kier alpha value is -1.01. The van der Waals surface area contributed by atoms with Crippen molar-refractivity contribution in [2.75, 3.05) is 18.9 Å². The van der Waals surface area contributed by atoms with Crippen LogP contribution in [0.1, 0.15) is 0 Å². The summed E-state index contributed by atoms with van der Waals surface area (Å²) in [6.07, 6.45) is 3.34. The molecule has 0 saturated carbocycles. The van der Waals surface area contributed by atoms with Crippen molar-refractivity contribution in [3.8, 4) is 0 Å². The van der Waals surface area contributed by atoms with Gasteiger partial charge >= 0.3 is 0 Å². The Morgan fingerprint density at radius 3 is 3.23 bits per heavy atom. The summed E-state index contributed by atoms with van der Waals surface area (Å²) in [5.74, 6) is 0.212. The average molecular weight is 201 g/mol. The minimum Gasteiger partial charge on any atom is -0.395 e. The SMILES string of the molecule is O=C(CSc1ncc[nH]1)NCCO. The molecule has 3 N–H and O–H groups in total. The van der Waals surface area contributed by atoms with Crippen molar-refractivity contribution in [3.63, 3.8) is 0 Å². The first-order valence-electron chi connectivity index (χ1n) is 3.82. The molecule has 6 heteroatoms. The fourth-order valence-electron chi connectivity index (χ4n) is 0.710. The second-order valence-corrected chi connectivity index (χ2v) is 3.22. The van der Waals surface area contributed by atoms with E-state index in [9.17, 15) is 4.79 Å². The van der Waals surface area contributed by atoms with Crippen molar-refractivity contribution in [1.29, 1.82) is 0 Å². The molecule has 0 aliphatic heterocycles. The third-order valence-corrected chi connectivity index (χ3v) is 2.15. The number of aliphatic hydroxyl groups excluding tert-OH is 1. The lowest BCUT2D eigenvalue weighted by Crippen LogP contribution is -2.27. The molecule has 0 radical (unpaired) electrons. The maximum absolute atomic E-state index is 11.0. The molecule has 13 heavy (non-hydrogen) atoms. The highest BCUT2D eigenvalue weighted by atomic mass is 32.2. The van der Waals surface area contributed by atoms with E-state index in [1.807, 2.05) is 0 Å². The van der Waals surface area contributed by atoms with E-state index in [2.05, 4.69) is 15.3 Å². The molecular weight excluding hydrogens is 190 g/mol. The van der Waals surface area contributed by atoms with Crippen LogP contribution in [0.15, 0.2) is 17.6 Å². The topological polar surface area (TPSA) is 78.0 Å². The number of H-pyrrole nitrogens is 1. The van der Waals surface area contributed by atoms with Gasteiger partial charge in [0.15, 0.2) is 5.16 Å². The van der Waals surface area contributed by atoms with Crippen molar-refractivity contribution in [1.82, 2.24) is 15.3 Å². The zero-order valence-electron chi connectivity index (χ0n) is 6.99. The quantitative estimate of drug-likeness (QED) is 0.567. The van der Waals surface area contributed by atoms with Crippen LogP contribution in [0.3, 0.4) is 0 Å². The van der Waals surface area contributed by atoms with E-state index in [1.54, 1.807) is 12.4 Å². The molecule has 0 bridgehead atoms. The van der Waals surface area contributed by atoms with Gasteiger partial charge in [-0.3, -0.25) is 4.79 Å². The molecule has 5 nitrogen and oxygen atoms in total. The summed E-state index contributed by atoms with van der Waals surface area (Å²) in [6.45, 7) is 0.273. The van der Waals surface area contributed by atoms with Gasteiger partial charge in [0.2, 0.25) is 5.91 Å². The molecule has 0 spiro atoms. The number of hydrogen-bond acceptors (Lipinski definition) is 4. The van der Waals surface area contributed by atoms with E-state index in [0.717, 1.165) is 5.16 Å². The van der Waals surface area contributed by atoms with Crippen LogP contribution in [0.2, 0.25) is 0 Å². The Kier molecular flexibility index (Phi) is 4.34. The number of aliphatic hydroxyl groups is 1. The summed E-state index contributed by atoms with van der Waals surface area (Å²) in [5.41, 5.74) is 0. The van der Waals surface area contributed by atoms with Gasteiger partial charge in [-0.05, 0) is 0 Å². The fraction of sp³-hybridized carbons (Fsp3) is 0.429. The number of thioether (sulfide) groups is 1. The Balaban J connectivity index is 2.15. The van der Waals surface area contributed by atoms with Crippen LogP contribution in [-0.2, 0) is 4.79 Å². The zero-order chi connectivity index (χ0) is 9.52. The highest BCUT2D eigenvalue weighted by molar-refractivity contribution is 7.99. The lowest BCUT2D eigenvalue weighted by Gasteiger charge is -2.00. The number of amides is 1. The van der Waals surface area contributed by atoms with Crippen molar-refractivity contribution in [2.45, 2.75) is 5.16 Å². The smallest absolute Gasteiger partial charge is 0.230 e. The van der Waals surface area contributed by atoms with Crippen LogP contribution in [0.5, 0.6) is 0 Å². The number of nitrogens with zero attached hydrogens (tertiary/aromatic N) is 1. The van der Waals surface area contributed by atoms with Crippen molar-refractivity contribution < 1.29 is 9.90 Å². The third-order valence-electron chi connectivity index (χ3n) is 1.25. The highest BCUT2D eigenvalue weighted by Crippen LogP contribution is 2.10. The molecule has 1 rings (SSSR count). The first kappa shape index (κ1) is 10.1. The summed E-state index contributed by atoms with van der Waals surface area (Å²) in [5, 5.41) is 11.7. The number of aromatic nitrogens is 2. The summed E-state index contributed by atoms with van der Waals surface area (Å²) < 4.78 is 0. The maximum Gasteiger partial charge on any atom is 0.230 e. The minimum atomic E-state index is -0.101. The predicted molar refractivity (Wildman–Crippen MR) is 49.4 cm³/mol. The molecule has 1 aromatic heterocycles. The number of carbonyl (C=O) groups excluding carboxylic acids is 1. The summed E-state index contributed by atoms with van der Waals surface area (Å²) in [4.78, 5) is 17.8. The number of hydrogen-bond donors (Lipinski definition) is 3. The molecule has 72 valence electrons. The lowest BCUT2D eigenvalue weighted by molar-refractivity contribution is -0.118. The molecule has 0 saturated heterocycles. The van der Waals surface area contributed by atoms with Crippen LogP contribution < -0.4 is 5.32 Å². The summed E-state index contributed by atoms with van der Waals surface area (Å²) in [6, 6.07) is 0. The first-order chi connectivity index (χ1) is 6.33. The second kappa shape index (κ2) is 5.60. The Bertz CT molecular complexity index is 250. The maximum atomic E-state index is 11.0. The Morgan fingerprint density at radius 2 is 2.62 bits per heavy atom. The fourth-order valence-corrected chi connectivity index (χ4v) is 1.37.